The van der Waals surface area contributed by atoms with Crippen molar-refractivity contribution in [3.8, 4) is 0 Å². The van der Waals surface area contributed by atoms with Crippen LogP contribution in [-0.4, -0.2) is 16.6 Å². The highest BCUT2D eigenvalue weighted by molar-refractivity contribution is 5.34. The number of alkyl halides is 3. The minimum absolute atomic E-state index is 0.0414. The van der Waals surface area contributed by atoms with Crippen molar-refractivity contribution in [2.45, 2.75) is 12.7 Å². The summed E-state index contributed by atoms with van der Waals surface area (Å²) in [6.07, 6.45) is -2.14. The number of hydrogen-bond acceptors (Lipinski definition) is 3. The zero-order valence-corrected chi connectivity index (χ0v) is 10.6. The fourth-order valence-electron chi connectivity index (χ4n) is 1.69. The van der Waals surface area contributed by atoms with Gasteiger partial charge >= 0.3 is 6.18 Å². The molecule has 0 aliphatic heterocycles. The predicted octanol–water partition coefficient (Wildman–Crippen LogP) is 2.35. The summed E-state index contributed by atoms with van der Waals surface area (Å²) in [6, 6.07) is 5.08. The van der Waals surface area contributed by atoms with Crippen LogP contribution in [0.25, 0.3) is 0 Å². The van der Waals surface area contributed by atoms with Gasteiger partial charge in [-0.2, -0.15) is 13.2 Å². The van der Waals surface area contributed by atoms with Gasteiger partial charge in [0.2, 0.25) is 0 Å². The molecule has 106 valence electrons. The summed E-state index contributed by atoms with van der Waals surface area (Å²) >= 11 is 0. The molecule has 0 aliphatic carbocycles. The summed E-state index contributed by atoms with van der Waals surface area (Å²) in [5, 5.41) is 2.83. The van der Waals surface area contributed by atoms with Gasteiger partial charge in [-0.3, -0.25) is 4.79 Å². The molecule has 0 bridgehead atoms. The Morgan fingerprint density at radius 2 is 2.00 bits per heavy atom. The lowest BCUT2D eigenvalue weighted by Gasteiger charge is -2.10. The lowest BCUT2D eigenvalue weighted by atomic mass is 10.2. The molecule has 20 heavy (non-hydrogen) atoms. The third kappa shape index (κ3) is 3.17. The van der Waals surface area contributed by atoms with Crippen molar-refractivity contribution in [1.82, 2.24) is 9.55 Å². The molecule has 2 aromatic heterocycles. The molecule has 0 fully saturated rings. The van der Waals surface area contributed by atoms with Crippen molar-refractivity contribution in [1.29, 1.82) is 0 Å². The summed E-state index contributed by atoms with van der Waals surface area (Å²) in [5.74, 6) is 0.644. The van der Waals surface area contributed by atoms with Crippen LogP contribution in [0, 0.1) is 0 Å². The number of rotatable bonds is 3. The number of nitrogens with one attached hydrogen (secondary N) is 1. The Hall–Kier alpha value is -2.31. The van der Waals surface area contributed by atoms with E-state index in [0.717, 1.165) is 22.9 Å². The molecule has 0 amide bonds. The Morgan fingerprint density at radius 1 is 1.25 bits per heavy atom. The molecule has 7 heteroatoms. The van der Waals surface area contributed by atoms with Crippen molar-refractivity contribution in [2.24, 2.45) is 0 Å². The van der Waals surface area contributed by atoms with Crippen molar-refractivity contribution >= 4 is 5.82 Å². The van der Waals surface area contributed by atoms with Crippen LogP contribution in [0.5, 0.6) is 0 Å². The monoisotopic (exact) mass is 283 g/mol. The first kappa shape index (κ1) is 14.1. The van der Waals surface area contributed by atoms with Gasteiger partial charge < -0.3 is 9.88 Å². The topological polar surface area (TPSA) is 46.9 Å². The first-order chi connectivity index (χ1) is 9.40. The normalized spacial score (nSPS) is 11.4. The van der Waals surface area contributed by atoms with Gasteiger partial charge in [0, 0.05) is 25.5 Å². The van der Waals surface area contributed by atoms with Gasteiger partial charge in [0.1, 0.15) is 5.82 Å². The number of aromatic nitrogens is 2. The second-order valence-corrected chi connectivity index (χ2v) is 4.18. The molecule has 0 unspecified atom stereocenters. The molecule has 2 rings (SSSR count). The van der Waals surface area contributed by atoms with E-state index < -0.39 is 17.3 Å². The summed E-state index contributed by atoms with van der Waals surface area (Å²) in [4.78, 5) is 15.6. The Morgan fingerprint density at radius 3 is 2.55 bits per heavy atom. The highest BCUT2D eigenvalue weighted by atomic mass is 19.4. The first-order valence-corrected chi connectivity index (χ1v) is 5.80. The average Bonchev–Trinajstić information content (AvgIpc) is 2.41. The van der Waals surface area contributed by atoms with Gasteiger partial charge in [0.15, 0.2) is 0 Å². The highest BCUT2D eigenvalue weighted by Gasteiger charge is 2.30. The summed E-state index contributed by atoms with van der Waals surface area (Å²) < 4.78 is 38.8. The highest BCUT2D eigenvalue weighted by Crippen LogP contribution is 2.28. The summed E-state index contributed by atoms with van der Waals surface area (Å²) in [5.41, 5.74) is -0.696. The van der Waals surface area contributed by atoms with Crippen LogP contribution in [0.1, 0.15) is 11.1 Å². The van der Waals surface area contributed by atoms with Gasteiger partial charge in [-0.1, -0.05) is 6.07 Å². The number of halogens is 3. The van der Waals surface area contributed by atoms with E-state index in [0.29, 0.717) is 11.4 Å². The Kier molecular flexibility index (Phi) is 3.78. The maximum absolute atomic E-state index is 12.6. The van der Waals surface area contributed by atoms with Gasteiger partial charge in [-0.05, 0) is 17.7 Å². The minimum atomic E-state index is -4.47. The van der Waals surface area contributed by atoms with E-state index in [2.05, 4.69) is 10.3 Å². The van der Waals surface area contributed by atoms with Crippen molar-refractivity contribution < 1.29 is 13.2 Å². The molecule has 0 spiro atoms. The zero-order valence-electron chi connectivity index (χ0n) is 10.6. The Bertz CT molecular complexity index is 647. The molecular formula is C13H12F3N3O. The van der Waals surface area contributed by atoms with Gasteiger partial charge in [0.05, 0.1) is 12.1 Å². The lowest BCUT2D eigenvalue weighted by Crippen LogP contribution is -2.22. The van der Waals surface area contributed by atoms with E-state index in [9.17, 15) is 18.0 Å². The zero-order chi connectivity index (χ0) is 14.8. The maximum Gasteiger partial charge on any atom is 0.417 e. The molecule has 0 aliphatic rings. The van der Waals surface area contributed by atoms with Crippen LogP contribution in [0.3, 0.4) is 0 Å². The van der Waals surface area contributed by atoms with Crippen molar-refractivity contribution in [3.05, 3.63) is 58.1 Å². The van der Waals surface area contributed by atoms with Crippen LogP contribution in [0.15, 0.2) is 41.5 Å². The van der Waals surface area contributed by atoms with Gasteiger partial charge in [0.25, 0.3) is 5.56 Å². The quantitative estimate of drug-likeness (QED) is 0.940. The maximum atomic E-state index is 12.6. The molecule has 0 saturated heterocycles. The SMILES string of the molecule is CNc1ccc(Cn2cc(C(F)(F)F)ccc2=O)cn1. The third-order valence-corrected chi connectivity index (χ3v) is 2.74. The number of hydrogen-bond donors (Lipinski definition) is 1. The van der Waals surface area contributed by atoms with Crippen LogP contribution in [0.2, 0.25) is 0 Å². The lowest BCUT2D eigenvalue weighted by molar-refractivity contribution is -0.138. The number of nitrogens with zero attached hydrogens (tertiary/aromatic N) is 2. The summed E-state index contributed by atoms with van der Waals surface area (Å²) in [6.45, 7) is 0.0414. The molecule has 1 N–H and O–H groups in total. The second kappa shape index (κ2) is 5.36. The molecule has 4 nitrogen and oxygen atoms in total. The van der Waals surface area contributed by atoms with Gasteiger partial charge in [-0.15, -0.1) is 0 Å². The molecule has 0 aromatic carbocycles. The first-order valence-electron chi connectivity index (χ1n) is 5.80. The molecule has 2 aromatic rings. The Balaban J connectivity index is 2.30. The van der Waals surface area contributed by atoms with E-state index in [1.807, 2.05) is 0 Å². The largest absolute Gasteiger partial charge is 0.417 e. The number of pyridine rings is 2. The fraction of sp³-hybridized carbons (Fsp3) is 0.231. The van der Waals surface area contributed by atoms with Crippen molar-refractivity contribution in [3.63, 3.8) is 0 Å². The number of anilines is 1. The Labute approximate surface area is 112 Å². The average molecular weight is 283 g/mol. The molecule has 0 radical (unpaired) electrons. The van der Waals surface area contributed by atoms with Crippen molar-refractivity contribution in [2.75, 3.05) is 12.4 Å². The van der Waals surface area contributed by atoms with E-state index >= 15 is 0 Å². The standard InChI is InChI=1S/C13H12F3N3O/c1-17-11-4-2-9(6-18-11)7-19-8-10(13(14,15)16)3-5-12(19)20/h2-6,8H,7H2,1H3,(H,17,18). The summed E-state index contributed by atoms with van der Waals surface area (Å²) in [7, 11) is 1.71. The fourth-order valence-corrected chi connectivity index (χ4v) is 1.69. The molecule has 0 atom stereocenters. The van der Waals surface area contributed by atoms with Crippen LogP contribution in [-0.2, 0) is 12.7 Å². The van der Waals surface area contributed by atoms with E-state index in [1.165, 1.54) is 6.20 Å². The third-order valence-electron chi connectivity index (χ3n) is 2.74. The molecule has 0 saturated carbocycles. The van der Waals surface area contributed by atoms with E-state index in [4.69, 9.17) is 0 Å². The van der Waals surface area contributed by atoms with Gasteiger partial charge in [-0.25, -0.2) is 4.98 Å². The second-order valence-electron chi connectivity index (χ2n) is 4.18. The van der Waals surface area contributed by atoms with E-state index in [1.54, 1.807) is 19.2 Å². The molecular weight excluding hydrogens is 271 g/mol. The van der Waals surface area contributed by atoms with Crippen LogP contribution >= 0.6 is 0 Å². The van der Waals surface area contributed by atoms with Crippen LogP contribution in [0.4, 0.5) is 19.0 Å². The van der Waals surface area contributed by atoms with E-state index in [-0.39, 0.29) is 6.54 Å². The van der Waals surface area contributed by atoms with Crippen LogP contribution < -0.4 is 10.9 Å². The predicted molar refractivity (Wildman–Crippen MR) is 68.6 cm³/mol. The smallest absolute Gasteiger partial charge is 0.373 e. The minimum Gasteiger partial charge on any atom is -0.373 e. The molecule has 2 heterocycles.